The molecule has 0 spiro atoms. The number of rotatable bonds is 6. The Balaban J connectivity index is 2.20. The first-order valence-electron chi connectivity index (χ1n) is 8.61. The molecule has 2 aromatic rings. The van der Waals surface area contributed by atoms with E-state index in [9.17, 15) is 21.6 Å². The summed E-state index contributed by atoms with van der Waals surface area (Å²) in [7, 11) is -8.02. The van der Waals surface area contributed by atoms with E-state index in [1.54, 1.807) is 54.6 Å². The molecule has 0 radical (unpaired) electrons. The number of hydrogen-bond acceptors (Lipinski definition) is 5. The van der Waals surface area contributed by atoms with E-state index in [-0.39, 0.29) is 18.7 Å². The second kappa shape index (κ2) is 7.18. The number of sulfone groups is 1. The van der Waals surface area contributed by atoms with Crippen LogP contribution in [0.5, 0.6) is 0 Å². The van der Waals surface area contributed by atoms with Crippen LogP contribution < -0.4 is 0 Å². The molecule has 1 aliphatic heterocycles. The average molecular weight is 420 g/mol. The molecule has 148 valence electrons. The molecule has 0 aromatic heterocycles. The Morgan fingerprint density at radius 2 is 1.75 bits per heavy atom. The van der Waals surface area contributed by atoms with Crippen molar-refractivity contribution in [3.8, 4) is 0 Å². The van der Waals surface area contributed by atoms with E-state index in [1.165, 1.54) is 6.08 Å². The van der Waals surface area contributed by atoms with Gasteiger partial charge in [-0.05, 0) is 23.1 Å². The third-order valence-corrected chi connectivity index (χ3v) is 8.31. The molecule has 6 nitrogen and oxygen atoms in total. The quantitative estimate of drug-likeness (QED) is 0.671. The fraction of sp³-hybridized carbons (Fsp3) is 0.250. The van der Waals surface area contributed by atoms with Crippen LogP contribution in [0.4, 0.5) is 0 Å². The lowest BCUT2D eigenvalue weighted by Crippen LogP contribution is -2.51. The van der Waals surface area contributed by atoms with Gasteiger partial charge in [0.15, 0.2) is 14.6 Å². The Bertz CT molecular complexity index is 1120. The normalized spacial score (nSPS) is 20.3. The summed E-state index contributed by atoms with van der Waals surface area (Å²) in [4.78, 5) is 13.6. The highest BCUT2D eigenvalue weighted by atomic mass is 32.2. The summed E-state index contributed by atoms with van der Waals surface area (Å²) in [6, 6.07) is 15.1. The summed E-state index contributed by atoms with van der Waals surface area (Å²) in [6.45, 7) is 3.37. The molecule has 1 atom stereocenters. The lowest BCUT2D eigenvalue weighted by molar-refractivity contribution is -0.129. The van der Waals surface area contributed by atoms with Gasteiger partial charge in [-0.3, -0.25) is 4.79 Å². The van der Waals surface area contributed by atoms with Gasteiger partial charge in [0, 0.05) is 0 Å². The van der Waals surface area contributed by atoms with Crippen molar-refractivity contribution in [3.05, 3.63) is 83.9 Å². The van der Waals surface area contributed by atoms with Crippen LogP contribution in [0.2, 0.25) is 0 Å². The number of allylic oxidation sites excluding steroid dienone is 1. The topological polar surface area (TPSA) is 88.6 Å². The van der Waals surface area contributed by atoms with E-state index in [2.05, 4.69) is 6.58 Å². The Kier molecular flexibility index (Phi) is 5.20. The molecular weight excluding hydrogens is 398 g/mol. The maximum Gasteiger partial charge on any atom is 0.262 e. The first kappa shape index (κ1) is 20.3. The van der Waals surface area contributed by atoms with Gasteiger partial charge in [0.05, 0.1) is 18.6 Å². The third-order valence-electron chi connectivity index (χ3n) is 4.90. The monoisotopic (exact) mass is 419 g/mol. The molecule has 0 fully saturated rings. The zero-order chi connectivity index (χ0) is 20.6. The van der Waals surface area contributed by atoms with Crippen LogP contribution in [0.15, 0.2) is 67.3 Å². The van der Waals surface area contributed by atoms with Gasteiger partial charge >= 0.3 is 0 Å². The minimum absolute atomic E-state index is 0.202. The van der Waals surface area contributed by atoms with Gasteiger partial charge in [-0.1, -0.05) is 60.7 Å². The minimum atomic E-state index is -4.02. The van der Waals surface area contributed by atoms with Crippen LogP contribution >= 0.6 is 0 Å². The molecule has 1 heterocycles. The van der Waals surface area contributed by atoms with Crippen molar-refractivity contribution >= 4 is 25.8 Å². The molecule has 28 heavy (non-hydrogen) atoms. The highest BCUT2D eigenvalue weighted by Crippen LogP contribution is 2.46. The second-order valence-corrected chi connectivity index (χ2v) is 10.9. The smallest absolute Gasteiger partial charge is 0.262 e. The van der Waals surface area contributed by atoms with Crippen molar-refractivity contribution in [1.82, 2.24) is 4.31 Å². The highest BCUT2D eigenvalue weighted by Gasteiger charge is 2.58. The fourth-order valence-corrected chi connectivity index (χ4v) is 6.69. The van der Waals surface area contributed by atoms with Gasteiger partial charge in [0.1, 0.15) is 0 Å². The molecule has 8 heteroatoms. The van der Waals surface area contributed by atoms with Crippen molar-refractivity contribution in [2.24, 2.45) is 0 Å². The zero-order valence-corrected chi connectivity index (χ0v) is 17.0. The standard InChI is InChI=1S/C20H21NO5S2/c1-3-13-20(18-12-8-7-11-17(18)15-28(20,25)26)19(22)21(27(2,23)24)14-16-9-5-4-6-10-16/h3-12H,1,13-15H2,2H3. The summed E-state index contributed by atoms with van der Waals surface area (Å²) in [6.07, 6.45) is 2.05. The lowest BCUT2D eigenvalue weighted by atomic mass is 9.90. The molecule has 0 saturated carbocycles. The summed E-state index contributed by atoms with van der Waals surface area (Å²) < 4.78 is 50.0. The average Bonchev–Trinajstić information content (AvgIpc) is 2.86. The van der Waals surface area contributed by atoms with Crippen LogP contribution in [-0.2, 0) is 41.7 Å². The summed E-state index contributed by atoms with van der Waals surface area (Å²) >= 11 is 0. The van der Waals surface area contributed by atoms with Crippen molar-refractivity contribution in [2.75, 3.05) is 6.26 Å². The Labute approximate surface area is 165 Å². The van der Waals surface area contributed by atoms with Crippen molar-refractivity contribution < 1.29 is 21.6 Å². The molecule has 0 aliphatic carbocycles. The number of carbonyl (C=O) groups is 1. The van der Waals surface area contributed by atoms with Gasteiger partial charge in [0.25, 0.3) is 5.91 Å². The van der Waals surface area contributed by atoms with Crippen molar-refractivity contribution in [2.45, 2.75) is 23.5 Å². The van der Waals surface area contributed by atoms with E-state index in [1.807, 2.05) is 0 Å². The van der Waals surface area contributed by atoms with Crippen molar-refractivity contribution in [1.29, 1.82) is 0 Å². The largest absolute Gasteiger partial charge is 0.272 e. The van der Waals surface area contributed by atoms with Gasteiger partial charge in [0.2, 0.25) is 10.0 Å². The predicted octanol–water partition coefficient (Wildman–Crippen LogP) is 2.37. The molecule has 3 rings (SSSR count). The number of carbonyl (C=O) groups excluding carboxylic acids is 1. The minimum Gasteiger partial charge on any atom is -0.272 e. The first-order valence-corrected chi connectivity index (χ1v) is 12.1. The van der Waals surface area contributed by atoms with Crippen LogP contribution in [0.25, 0.3) is 0 Å². The fourth-order valence-electron chi connectivity index (χ4n) is 3.60. The van der Waals surface area contributed by atoms with E-state index >= 15 is 0 Å². The molecule has 2 aromatic carbocycles. The van der Waals surface area contributed by atoms with Gasteiger partial charge in [-0.25, -0.2) is 21.1 Å². The molecule has 0 saturated heterocycles. The van der Waals surface area contributed by atoms with Crippen LogP contribution in [-0.4, -0.2) is 33.3 Å². The first-order chi connectivity index (χ1) is 13.1. The Morgan fingerprint density at radius 1 is 1.14 bits per heavy atom. The zero-order valence-electron chi connectivity index (χ0n) is 15.4. The number of fused-ring (bicyclic) bond motifs is 1. The summed E-state index contributed by atoms with van der Waals surface area (Å²) in [5.41, 5.74) is 1.41. The Morgan fingerprint density at radius 3 is 2.36 bits per heavy atom. The van der Waals surface area contributed by atoms with Crippen LogP contribution in [0.1, 0.15) is 23.1 Å². The molecule has 0 bridgehead atoms. The van der Waals surface area contributed by atoms with E-state index in [0.717, 1.165) is 6.26 Å². The number of amides is 1. The maximum atomic E-state index is 13.6. The van der Waals surface area contributed by atoms with E-state index in [4.69, 9.17) is 0 Å². The summed E-state index contributed by atoms with van der Waals surface area (Å²) in [5.74, 6) is -1.28. The molecule has 1 unspecified atom stereocenters. The molecule has 1 amide bonds. The molecule has 1 aliphatic rings. The number of hydrogen-bond donors (Lipinski definition) is 0. The third kappa shape index (κ3) is 3.27. The van der Waals surface area contributed by atoms with Crippen LogP contribution in [0.3, 0.4) is 0 Å². The van der Waals surface area contributed by atoms with Crippen molar-refractivity contribution in [3.63, 3.8) is 0 Å². The highest BCUT2D eigenvalue weighted by molar-refractivity contribution is 7.93. The van der Waals surface area contributed by atoms with Gasteiger partial charge in [-0.2, -0.15) is 0 Å². The Hall–Kier alpha value is -2.45. The number of benzene rings is 2. The number of nitrogens with zero attached hydrogens (tertiary/aromatic N) is 1. The van der Waals surface area contributed by atoms with E-state index < -0.39 is 30.5 Å². The van der Waals surface area contributed by atoms with E-state index in [0.29, 0.717) is 21.0 Å². The lowest BCUT2D eigenvalue weighted by Gasteiger charge is -2.32. The van der Waals surface area contributed by atoms with Crippen LogP contribution in [0, 0.1) is 0 Å². The SMILES string of the molecule is C=CCC1(C(=O)N(Cc2ccccc2)S(C)(=O)=O)c2ccccc2CS1(=O)=O. The molecule has 0 N–H and O–H groups in total. The van der Waals surface area contributed by atoms with Gasteiger partial charge < -0.3 is 0 Å². The predicted molar refractivity (Wildman–Crippen MR) is 107 cm³/mol. The summed E-state index contributed by atoms with van der Waals surface area (Å²) in [5, 5.41) is 0. The number of sulfonamides is 1. The maximum absolute atomic E-state index is 13.6. The second-order valence-electron chi connectivity index (χ2n) is 6.80. The molecular formula is C20H21NO5S2. The van der Waals surface area contributed by atoms with Gasteiger partial charge in [-0.15, -0.1) is 6.58 Å².